The van der Waals surface area contributed by atoms with Gasteiger partial charge in [0, 0.05) is 34.1 Å². The van der Waals surface area contributed by atoms with Crippen LogP contribution >= 0.6 is 22.9 Å². The molecule has 0 spiro atoms. The summed E-state index contributed by atoms with van der Waals surface area (Å²) in [6, 6.07) is 15.7. The van der Waals surface area contributed by atoms with Crippen LogP contribution in [0.5, 0.6) is 0 Å². The number of amides is 1. The summed E-state index contributed by atoms with van der Waals surface area (Å²) >= 11 is 7.78. The standard InChI is InChI=1S/C23H21ClN4OS/c1-14-17(24)9-6-10-18(14)28-19(29)11-12-25-22-21-20(16-7-4-3-5-8-16)15(2)30-23(21)27-13-26-22/h3-10,13H,11-12H2,1-2H3,(H,28,29)(H,25,26,27). The Morgan fingerprint density at radius 1 is 1.07 bits per heavy atom. The van der Waals surface area contributed by atoms with Gasteiger partial charge >= 0.3 is 0 Å². The van der Waals surface area contributed by atoms with Gasteiger partial charge in [0.15, 0.2) is 0 Å². The van der Waals surface area contributed by atoms with Crippen LogP contribution in [0.15, 0.2) is 54.9 Å². The van der Waals surface area contributed by atoms with E-state index in [2.05, 4.69) is 39.7 Å². The van der Waals surface area contributed by atoms with Gasteiger partial charge in [0.25, 0.3) is 0 Å². The number of nitrogens with zero attached hydrogens (tertiary/aromatic N) is 2. The zero-order valence-electron chi connectivity index (χ0n) is 16.7. The third-order valence-corrected chi connectivity index (χ3v) is 6.34. The van der Waals surface area contributed by atoms with Gasteiger partial charge in [0.05, 0.1) is 5.39 Å². The van der Waals surface area contributed by atoms with Crippen molar-refractivity contribution in [3.05, 3.63) is 70.3 Å². The van der Waals surface area contributed by atoms with Crippen LogP contribution in [0.2, 0.25) is 5.02 Å². The highest BCUT2D eigenvalue weighted by Gasteiger charge is 2.16. The van der Waals surface area contributed by atoms with E-state index < -0.39 is 0 Å². The Bertz CT molecular complexity index is 1210. The van der Waals surface area contributed by atoms with Gasteiger partial charge < -0.3 is 10.6 Å². The molecule has 0 fully saturated rings. The van der Waals surface area contributed by atoms with Crippen molar-refractivity contribution in [2.45, 2.75) is 20.3 Å². The molecule has 152 valence electrons. The number of benzene rings is 2. The van der Waals surface area contributed by atoms with E-state index in [9.17, 15) is 4.79 Å². The van der Waals surface area contributed by atoms with Crippen LogP contribution in [0.25, 0.3) is 21.3 Å². The molecule has 4 aromatic rings. The molecule has 2 heterocycles. The van der Waals surface area contributed by atoms with E-state index in [4.69, 9.17) is 11.6 Å². The van der Waals surface area contributed by atoms with Crippen molar-refractivity contribution in [2.75, 3.05) is 17.2 Å². The van der Waals surface area contributed by atoms with E-state index in [-0.39, 0.29) is 5.91 Å². The van der Waals surface area contributed by atoms with Gasteiger partial charge in [0.1, 0.15) is 17.0 Å². The van der Waals surface area contributed by atoms with Crippen LogP contribution in [0.4, 0.5) is 11.5 Å². The quantitative estimate of drug-likeness (QED) is 0.385. The molecule has 0 aliphatic heterocycles. The average molecular weight is 437 g/mol. The van der Waals surface area contributed by atoms with Gasteiger partial charge in [0.2, 0.25) is 5.91 Å². The Morgan fingerprint density at radius 3 is 2.67 bits per heavy atom. The fraction of sp³-hybridized carbons (Fsp3) is 0.174. The normalized spacial score (nSPS) is 10.9. The molecule has 7 heteroatoms. The lowest BCUT2D eigenvalue weighted by atomic mass is 10.0. The van der Waals surface area contributed by atoms with Crippen LogP contribution in [-0.2, 0) is 4.79 Å². The molecule has 0 saturated carbocycles. The molecule has 0 aliphatic rings. The van der Waals surface area contributed by atoms with E-state index >= 15 is 0 Å². The second-order valence-corrected chi connectivity index (χ2v) is 8.55. The predicted octanol–water partition coefficient (Wildman–Crippen LogP) is 6.07. The molecule has 0 radical (unpaired) electrons. The number of carbonyl (C=O) groups excluding carboxylic acids is 1. The number of thiophene rings is 1. The predicted molar refractivity (Wildman–Crippen MR) is 126 cm³/mol. The Hall–Kier alpha value is -2.96. The minimum atomic E-state index is -0.0806. The topological polar surface area (TPSA) is 66.9 Å². The van der Waals surface area contributed by atoms with E-state index in [1.807, 2.05) is 43.3 Å². The third-order valence-electron chi connectivity index (χ3n) is 4.91. The van der Waals surface area contributed by atoms with Crippen LogP contribution in [-0.4, -0.2) is 22.4 Å². The molecule has 0 atom stereocenters. The van der Waals surface area contributed by atoms with Crippen LogP contribution in [0.3, 0.4) is 0 Å². The van der Waals surface area contributed by atoms with Crippen molar-refractivity contribution in [3.8, 4) is 11.1 Å². The van der Waals surface area contributed by atoms with E-state index in [0.717, 1.165) is 38.4 Å². The number of rotatable bonds is 6. The van der Waals surface area contributed by atoms with Crippen LogP contribution < -0.4 is 10.6 Å². The van der Waals surface area contributed by atoms with Crippen molar-refractivity contribution in [1.82, 2.24) is 9.97 Å². The minimum absolute atomic E-state index is 0.0806. The highest BCUT2D eigenvalue weighted by molar-refractivity contribution is 7.19. The summed E-state index contributed by atoms with van der Waals surface area (Å²) in [5.41, 5.74) is 3.86. The molecule has 2 aromatic heterocycles. The number of aromatic nitrogens is 2. The number of halogens is 1. The first-order valence-electron chi connectivity index (χ1n) is 9.63. The van der Waals surface area contributed by atoms with Crippen LogP contribution in [0, 0.1) is 13.8 Å². The first kappa shape index (κ1) is 20.3. The van der Waals surface area contributed by atoms with Gasteiger partial charge in [-0.3, -0.25) is 4.79 Å². The van der Waals surface area contributed by atoms with Crippen molar-refractivity contribution in [3.63, 3.8) is 0 Å². The zero-order valence-corrected chi connectivity index (χ0v) is 18.3. The second kappa shape index (κ2) is 8.81. The van der Waals surface area contributed by atoms with Crippen molar-refractivity contribution in [1.29, 1.82) is 0 Å². The van der Waals surface area contributed by atoms with Crippen molar-refractivity contribution < 1.29 is 4.79 Å². The zero-order chi connectivity index (χ0) is 21.1. The van der Waals surface area contributed by atoms with Gasteiger partial charge in [-0.25, -0.2) is 9.97 Å². The largest absolute Gasteiger partial charge is 0.369 e. The maximum atomic E-state index is 12.4. The molecule has 0 bridgehead atoms. The average Bonchev–Trinajstić information content (AvgIpc) is 3.08. The monoisotopic (exact) mass is 436 g/mol. The summed E-state index contributed by atoms with van der Waals surface area (Å²) in [6.45, 7) is 4.44. The SMILES string of the molecule is Cc1sc2ncnc(NCCC(=O)Nc3cccc(Cl)c3C)c2c1-c1ccccc1. The molecular weight excluding hydrogens is 416 g/mol. The number of nitrogens with one attached hydrogen (secondary N) is 2. The number of carbonyl (C=O) groups is 1. The summed E-state index contributed by atoms with van der Waals surface area (Å²) in [5, 5.41) is 7.88. The third kappa shape index (κ3) is 4.15. The number of aryl methyl sites for hydroxylation is 1. The smallest absolute Gasteiger partial charge is 0.226 e. The maximum Gasteiger partial charge on any atom is 0.226 e. The van der Waals surface area contributed by atoms with E-state index in [1.165, 1.54) is 4.88 Å². The Kier molecular flexibility index (Phi) is 5.97. The molecule has 0 aliphatic carbocycles. The van der Waals surface area contributed by atoms with Crippen LogP contribution in [0.1, 0.15) is 16.9 Å². The van der Waals surface area contributed by atoms with Crippen molar-refractivity contribution >= 4 is 50.6 Å². The Morgan fingerprint density at radius 2 is 1.87 bits per heavy atom. The molecular formula is C23H21ClN4OS. The lowest BCUT2D eigenvalue weighted by Crippen LogP contribution is -2.17. The number of fused-ring (bicyclic) bond motifs is 1. The fourth-order valence-corrected chi connectivity index (χ4v) is 4.57. The highest BCUT2D eigenvalue weighted by Crippen LogP contribution is 2.40. The van der Waals surface area contributed by atoms with Gasteiger partial charge in [-0.05, 0) is 37.1 Å². The number of hydrogen-bond donors (Lipinski definition) is 2. The molecule has 2 N–H and O–H groups in total. The Balaban J connectivity index is 1.51. The number of hydrogen-bond acceptors (Lipinski definition) is 5. The highest BCUT2D eigenvalue weighted by atomic mass is 35.5. The minimum Gasteiger partial charge on any atom is -0.369 e. The molecule has 1 amide bonds. The van der Waals surface area contributed by atoms with E-state index in [0.29, 0.717) is 18.0 Å². The van der Waals surface area contributed by atoms with Crippen molar-refractivity contribution in [2.24, 2.45) is 0 Å². The van der Waals surface area contributed by atoms with Gasteiger partial charge in [-0.1, -0.05) is 48.0 Å². The van der Waals surface area contributed by atoms with Gasteiger partial charge in [-0.2, -0.15) is 0 Å². The summed E-state index contributed by atoms with van der Waals surface area (Å²) in [5.74, 6) is 0.665. The first-order chi connectivity index (χ1) is 14.5. The lowest BCUT2D eigenvalue weighted by molar-refractivity contribution is -0.115. The molecule has 5 nitrogen and oxygen atoms in total. The Labute approximate surface area is 184 Å². The summed E-state index contributed by atoms with van der Waals surface area (Å²) < 4.78 is 0. The fourth-order valence-electron chi connectivity index (χ4n) is 3.38. The maximum absolute atomic E-state index is 12.4. The lowest BCUT2D eigenvalue weighted by Gasteiger charge is -2.11. The second-order valence-electron chi connectivity index (χ2n) is 6.94. The summed E-state index contributed by atoms with van der Waals surface area (Å²) in [6.07, 6.45) is 1.87. The van der Waals surface area contributed by atoms with Gasteiger partial charge in [-0.15, -0.1) is 11.3 Å². The summed E-state index contributed by atoms with van der Waals surface area (Å²) in [7, 11) is 0. The summed E-state index contributed by atoms with van der Waals surface area (Å²) in [4.78, 5) is 23.4. The molecule has 0 unspecified atom stereocenters. The molecule has 2 aromatic carbocycles. The van der Waals surface area contributed by atoms with E-state index in [1.54, 1.807) is 17.7 Å². The number of anilines is 2. The molecule has 0 saturated heterocycles. The molecule has 30 heavy (non-hydrogen) atoms. The first-order valence-corrected chi connectivity index (χ1v) is 10.8. The molecule has 4 rings (SSSR count).